The van der Waals surface area contributed by atoms with Gasteiger partial charge >= 0.3 is 5.97 Å². The lowest BCUT2D eigenvalue weighted by atomic mass is 10.2. The van der Waals surface area contributed by atoms with Crippen LogP contribution in [-0.2, 0) is 10.0 Å². The van der Waals surface area contributed by atoms with Gasteiger partial charge in [-0.25, -0.2) is 13.2 Å². The summed E-state index contributed by atoms with van der Waals surface area (Å²) in [6.45, 7) is 1.80. The molecule has 0 aliphatic rings. The van der Waals surface area contributed by atoms with Crippen LogP contribution in [0.1, 0.15) is 16.1 Å². The van der Waals surface area contributed by atoms with Gasteiger partial charge in [0.25, 0.3) is 10.0 Å². The van der Waals surface area contributed by atoms with Crippen LogP contribution in [0.2, 0.25) is 5.02 Å². The van der Waals surface area contributed by atoms with Gasteiger partial charge in [-0.1, -0.05) is 17.7 Å². The average Bonchev–Trinajstić information content (AvgIpc) is 2.84. The van der Waals surface area contributed by atoms with Crippen molar-refractivity contribution >= 4 is 33.3 Å². The number of benzene rings is 1. The number of aryl methyl sites for hydroxylation is 1. The summed E-state index contributed by atoms with van der Waals surface area (Å²) >= 11 is 5.92. The second kappa shape index (κ2) is 5.18. The molecule has 20 heavy (non-hydrogen) atoms. The Hall–Kier alpha value is -1.99. The third-order valence-corrected chi connectivity index (χ3v) is 4.39. The summed E-state index contributed by atoms with van der Waals surface area (Å²) in [7, 11) is -3.86. The first-order valence-corrected chi connectivity index (χ1v) is 7.36. The molecular formula is C12H11ClN2O4S. The van der Waals surface area contributed by atoms with Crippen LogP contribution in [0.15, 0.2) is 35.4 Å². The van der Waals surface area contributed by atoms with Gasteiger partial charge in [-0.3, -0.25) is 4.72 Å². The molecule has 0 amide bonds. The standard InChI is InChI=1S/C12H11ClN2O4S/c1-7-2-3-8(4-10(7)13)15-20(18,19)9-5-11(12(16)17)14-6-9/h2-6,14-15H,1H3,(H,16,17). The number of carbonyl (C=O) groups is 1. The molecule has 2 rings (SSSR count). The summed E-state index contributed by atoms with van der Waals surface area (Å²) in [6, 6.07) is 5.78. The highest BCUT2D eigenvalue weighted by molar-refractivity contribution is 7.92. The lowest BCUT2D eigenvalue weighted by Gasteiger charge is -2.07. The Morgan fingerprint density at radius 2 is 2.05 bits per heavy atom. The summed E-state index contributed by atoms with van der Waals surface area (Å²) in [5, 5.41) is 9.19. The molecule has 0 bridgehead atoms. The normalized spacial score (nSPS) is 11.3. The van der Waals surface area contributed by atoms with Crippen LogP contribution in [0.3, 0.4) is 0 Å². The van der Waals surface area contributed by atoms with E-state index in [1.165, 1.54) is 6.07 Å². The Morgan fingerprint density at radius 3 is 2.60 bits per heavy atom. The fourth-order valence-corrected chi connectivity index (χ4v) is 2.75. The molecule has 2 aromatic rings. The summed E-state index contributed by atoms with van der Waals surface area (Å²) < 4.78 is 26.5. The maximum absolute atomic E-state index is 12.1. The van der Waals surface area contributed by atoms with E-state index in [0.717, 1.165) is 17.8 Å². The molecule has 3 N–H and O–H groups in total. The van der Waals surface area contributed by atoms with Crippen LogP contribution >= 0.6 is 11.6 Å². The molecule has 0 atom stereocenters. The van der Waals surface area contributed by atoms with Crippen molar-refractivity contribution in [3.05, 3.63) is 46.7 Å². The van der Waals surface area contributed by atoms with Gasteiger partial charge in [0.2, 0.25) is 0 Å². The number of hydrogen-bond donors (Lipinski definition) is 3. The smallest absolute Gasteiger partial charge is 0.352 e. The molecule has 0 aliphatic heterocycles. The molecule has 0 saturated heterocycles. The monoisotopic (exact) mass is 314 g/mol. The molecular weight excluding hydrogens is 304 g/mol. The predicted octanol–water partition coefficient (Wildman–Crippen LogP) is 2.48. The van der Waals surface area contributed by atoms with Crippen LogP contribution in [0, 0.1) is 6.92 Å². The second-order valence-electron chi connectivity index (χ2n) is 4.12. The summed E-state index contributed by atoms with van der Waals surface area (Å²) in [5.74, 6) is -1.23. The van der Waals surface area contributed by atoms with E-state index < -0.39 is 16.0 Å². The molecule has 0 fully saturated rings. The van der Waals surface area contributed by atoms with Gasteiger partial charge in [0.15, 0.2) is 0 Å². The van der Waals surface area contributed by atoms with Gasteiger partial charge in [0.1, 0.15) is 10.6 Å². The molecule has 6 nitrogen and oxygen atoms in total. The van der Waals surface area contributed by atoms with Crippen molar-refractivity contribution in [2.75, 3.05) is 4.72 Å². The second-order valence-corrected chi connectivity index (χ2v) is 6.21. The number of aromatic carboxylic acids is 1. The zero-order valence-corrected chi connectivity index (χ0v) is 11.9. The average molecular weight is 315 g/mol. The number of carboxylic acid groups (broad SMARTS) is 1. The molecule has 0 unspecified atom stereocenters. The van der Waals surface area contributed by atoms with E-state index in [2.05, 4.69) is 9.71 Å². The van der Waals surface area contributed by atoms with Crippen molar-refractivity contribution in [1.29, 1.82) is 0 Å². The Bertz CT molecular complexity index is 768. The fourth-order valence-electron chi connectivity index (χ4n) is 1.52. The van der Waals surface area contributed by atoms with E-state index in [1.54, 1.807) is 19.1 Å². The first kappa shape index (κ1) is 14.4. The first-order chi connectivity index (χ1) is 9.29. The highest BCUT2D eigenvalue weighted by atomic mass is 35.5. The van der Waals surface area contributed by atoms with Crippen LogP contribution in [0.5, 0.6) is 0 Å². The van der Waals surface area contributed by atoms with Crippen LogP contribution < -0.4 is 4.72 Å². The number of carboxylic acids is 1. The zero-order chi connectivity index (χ0) is 14.9. The largest absolute Gasteiger partial charge is 0.477 e. The summed E-state index contributed by atoms with van der Waals surface area (Å²) in [4.78, 5) is 12.9. The van der Waals surface area contributed by atoms with E-state index in [-0.39, 0.29) is 10.6 Å². The van der Waals surface area contributed by atoms with Gasteiger partial charge < -0.3 is 10.1 Å². The zero-order valence-electron chi connectivity index (χ0n) is 10.3. The van der Waals surface area contributed by atoms with Crippen molar-refractivity contribution in [1.82, 2.24) is 4.98 Å². The minimum Gasteiger partial charge on any atom is -0.477 e. The minimum atomic E-state index is -3.86. The quantitative estimate of drug-likeness (QED) is 0.807. The lowest BCUT2D eigenvalue weighted by molar-refractivity contribution is 0.0691. The number of H-pyrrole nitrogens is 1. The maximum Gasteiger partial charge on any atom is 0.352 e. The Balaban J connectivity index is 2.30. The van der Waals surface area contributed by atoms with Gasteiger partial charge in [0, 0.05) is 11.2 Å². The molecule has 1 aromatic carbocycles. The van der Waals surface area contributed by atoms with E-state index >= 15 is 0 Å². The van der Waals surface area contributed by atoms with E-state index in [0.29, 0.717) is 10.7 Å². The third-order valence-electron chi connectivity index (χ3n) is 2.62. The van der Waals surface area contributed by atoms with Crippen LogP contribution in [0.25, 0.3) is 0 Å². The Kier molecular flexibility index (Phi) is 3.74. The molecule has 0 spiro atoms. The maximum atomic E-state index is 12.1. The van der Waals surface area contributed by atoms with Gasteiger partial charge in [-0.2, -0.15) is 0 Å². The molecule has 0 radical (unpaired) electrons. The first-order valence-electron chi connectivity index (χ1n) is 5.50. The Labute approximate surface area is 120 Å². The van der Waals surface area contributed by atoms with Crippen molar-refractivity contribution < 1.29 is 18.3 Å². The molecule has 8 heteroatoms. The number of halogens is 1. The number of rotatable bonds is 4. The topological polar surface area (TPSA) is 99.3 Å². The van der Waals surface area contributed by atoms with Crippen molar-refractivity contribution in [2.45, 2.75) is 11.8 Å². The number of aromatic amines is 1. The highest BCUT2D eigenvalue weighted by Crippen LogP contribution is 2.22. The van der Waals surface area contributed by atoms with Crippen molar-refractivity contribution in [3.8, 4) is 0 Å². The molecule has 1 aromatic heterocycles. The number of sulfonamides is 1. The SMILES string of the molecule is Cc1ccc(NS(=O)(=O)c2c[nH]c(C(=O)O)c2)cc1Cl. The number of nitrogens with one attached hydrogen (secondary N) is 2. The summed E-state index contributed by atoms with van der Waals surface area (Å²) in [6.07, 6.45) is 1.11. The number of aromatic nitrogens is 1. The lowest BCUT2D eigenvalue weighted by Crippen LogP contribution is -2.12. The van der Waals surface area contributed by atoms with E-state index in [4.69, 9.17) is 16.7 Å². The van der Waals surface area contributed by atoms with Crippen molar-refractivity contribution in [2.24, 2.45) is 0 Å². The summed E-state index contributed by atoms with van der Waals surface area (Å²) in [5.41, 5.74) is 0.926. The Morgan fingerprint density at radius 1 is 1.35 bits per heavy atom. The molecule has 0 saturated carbocycles. The highest BCUT2D eigenvalue weighted by Gasteiger charge is 2.18. The van der Waals surface area contributed by atoms with E-state index in [9.17, 15) is 13.2 Å². The van der Waals surface area contributed by atoms with E-state index in [1.807, 2.05) is 0 Å². The van der Waals surface area contributed by atoms with Gasteiger partial charge in [0.05, 0.1) is 5.69 Å². The van der Waals surface area contributed by atoms with Crippen LogP contribution in [0.4, 0.5) is 5.69 Å². The number of anilines is 1. The third kappa shape index (κ3) is 2.94. The predicted molar refractivity (Wildman–Crippen MR) is 74.7 cm³/mol. The minimum absolute atomic E-state index is 0.161. The van der Waals surface area contributed by atoms with Crippen molar-refractivity contribution in [3.63, 3.8) is 0 Å². The molecule has 0 aliphatic carbocycles. The number of hydrogen-bond acceptors (Lipinski definition) is 3. The van der Waals surface area contributed by atoms with Gasteiger partial charge in [-0.15, -0.1) is 0 Å². The molecule has 1 heterocycles. The van der Waals surface area contributed by atoms with Crippen LogP contribution in [-0.4, -0.2) is 24.5 Å². The van der Waals surface area contributed by atoms with Gasteiger partial charge in [-0.05, 0) is 30.7 Å². The molecule has 106 valence electrons. The fraction of sp³-hybridized carbons (Fsp3) is 0.0833.